The van der Waals surface area contributed by atoms with Crippen LogP contribution in [0.15, 0.2) is 42.0 Å². The van der Waals surface area contributed by atoms with E-state index in [1.54, 1.807) is 0 Å². The molecule has 0 aromatic heterocycles. The lowest BCUT2D eigenvalue weighted by Crippen LogP contribution is -2.58. The van der Waals surface area contributed by atoms with Gasteiger partial charge in [0.05, 0.1) is 12.5 Å². The third kappa shape index (κ3) is 3.52. The minimum atomic E-state index is -0.0288. The number of ether oxygens (including phenoxy) is 1. The fourth-order valence-corrected chi connectivity index (χ4v) is 4.34. The first kappa shape index (κ1) is 19.0. The maximum atomic E-state index is 12.3. The molecule has 0 radical (unpaired) electrons. The minimum Gasteiger partial charge on any atom is -0.466 e. The second-order valence-electron chi connectivity index (χ2n) is 6.71. The van der Waals surface area contributed by atoms with Crippen LogP contribution in [0.4, 0.5) is 0 Å². The molecule has 3 nitrogen and oxygen atoms in total. The highest BCUT2D eigenvalue weighted by molar-refractivity contribution is 5.85. The largest absolute Gasteiger partial charge is 0.466 e. The zero-order chi connectivity index (χ0) is 16.4. The maximum absolute atomic E-state index is 12.3. The van der Waals surface area contributed by atoms with Gasteiger partial charge in [-0.2, -0.15) is 0 Å². The molecule has 1 aromatic carbocycles. The number of esters is 1. The predicted molar refractivity (Wildman–Crippen MR) is 99.3 cm³/mol. The number of nitrogens with zero attached hydrogens (tertiary/aromatic N) is 1. The van der Waals surface area contributed by atoms with E-state index in [4.69, 9.17) is 4.74 Å². The van der Waals surface area contributed by atoms with Crippen molar-refractivity contribution >= 4 is 18.4 Å². The Hall–Kier alpha value is -1.32. The van der Waals surface area contributed by atoms with E-state index in [-0.39, 0.29) is 30.3 Å². The number of piperidine rings is 1. The molecule has 0 spiro atoms. The van der Waals surface area contributed by atoms with E-state index in [9.17, 15) is 4.79 Å². The van der Waals surface area contributed by atoms with Crippen molar-refractivity contribution in [1.29, 1.82) is 0 Å². The maximum Gasteiger partial charge on any atom is 0.310 e. The Kier molecular flexibility index (Phi) is 6.47. The van der Waals surface area contributed by atoms with Crippen LogP contribution in [0.3, 0.4) is 0 Å². The van der Waals surface area contributed by atoms with Gasteiger partial charge in [0.25, 0.3) is 0 Å². The summed E-state index contributed by atoms with van der Waals surface area (Å²) in [5, 5.41) is 0. The molecule has 3 aliphatic rings. The molecule has 2 bridgehead atoms. The summed E-state index contributed by atoms with van der Waals surface area (Å²) >= 11 is 0. The van der Waals surface area contributed by atoms with Crippen LogP contribution < -0.4 is 0 Å². The van der Waals surface area contributed by atoms with E-state index in [1.807, 2.05) is 6.92 Å². The summed E-state index contributed by atoms with van der Waals surface area (Å²) in [6.07, 6.45) is 5.39. The van der Waals surface area contributed by atoms with Gasteiger partial charge >= 0.3 is 5.97 Å². The molecular weight excluding hydrogens is 322 g/mol. The van der Waals surface area contributed by atoms with E-state index in [0.29, 0.717) is 18.6 Å². The van der Waals surface area contributed by atoms with Crippen LogP contribution in [-0.2, 0) is 16.0 Å². The fourth-order valence-electron chi connectivity index (χ4n) is 4.34. The minimum absolute atomic E-state index is 0. The van der Waals surface area contributed by atoms with Crippen LogP contribution in [0, 0.1) is 11.8 Å². The lowest BCUT2D eigenvalue weighted by molar-refractivity contribution is -0.153. The van der Waals surface area contributed by atoms with Gasteiger partial charge in [-0.15, -0.1) is 12.4 Å². The van der Waals surface area contributed by atoms with Crippen LogP contribution in [0.1, 0.15) is 32.3 Å². The average Bonchev–Trinajstić information content (AvgIpc) is 2.58. The first-order valence-corrected chi connectivity index (χ1v) is 8.78. The Bertz CT molecular complexity index is 587. The molecule has 0 N–H and O–H groups in total. The highest BCUT2D eigenvalue weighted by Crippen LogP contribution is 2.44. The van der Waals surface area contributed by atoms with Gasteiger partial charge in [0.2, 0.25) is 0 Å². The molecule has 2 aliphatic heterocycles. The molecule has 4 atom stereocenters. The Morgan fingerprint density at radius 2 is 1.96 bits per heavy atom. The third-order valence-electron chi connectivity index (χ3n) is 5.52. The number of hydrogen-bond acceptors (Lipinski definition) is 3. The summed E-state index contributed by atoms with van der Waals surface area (Å²) in [7, 11) is 2.17. The van der Waals surface area contributed by atoms with Crippen LogP contribution in [-0.4, -0.2) is 36.6 Å². The summed E-state index contributed by atoms with van der Waals surface area (Å²) in [6, 6.07) is 11.3. The van der Waals surface area contributed by atoms with Gasteiger partial charge in [-0.1, -0.05) is 48.9 Å². The topological polar surface area (TPSA) is 29.5 Å². The number of likely N-dealkylation sites (N-methyl/N-ethyl adjacent to an activating group) is 1. The number of hydrogen-bond donors (Lipinski definition) is 0. The fraction of sp³-hybridized carbons (Fsp3) is 0.550. The van der Waals surface area contributed by atoms with Crippen molar-refractivity contribution in [3.8, 4) is 0 Å². The second-order valence-corrected chi connectivity index (χ2v) is 6.71. The molecule has 4 unspecified atom stereocenters. The molecule has 132 valence electrons. The number of fused-ring (bicyclic) bond motifs is 2. The molecule has 4 heteroatoms. The van der Waals surface area contributed by atoms with Crippen molar-refractivity contribution in [2.75, 3.05) is 13.7 Å². The molecule has 1 aromatic rings. The van der Waals surface area contributed by atoms with Crippen molar-refractivity contribution in [3.63, 3.8) is 0 Å². The van der Waals surface area contributed by atoms with Gasteiger partial charge < -0.3 is 4.74 Å². The van der Waals surface area contributed by atoms with Gasteiger partial charge in [0.1, 0.15) is 0 Å². The summed E-state index contributed by atoms with van der Waals surface area (Å²) in [5.41, 5.74) is 2.90. The predicted octanol–water partition coefficient (Wildman–Crippen LogP) is 3.87. The molecule has 1 aliphatic carbocycles. The molecular formula is C20H28ClNO2. The Balaban J connectivity index is 0.00000208. The number of carbonyl (C=O) groups is 1. The zero-order valence-electron chi connectivity index (χ0n) is 14.8. The SMILES string of the molecule is CCOC(=O)C1CC2C(CC)=CC1N(C)C2Cc1ccccc1.Cl. The summed E-state index contributed by atoms with van der Waals surface area (Å²) < 4.78 is 5.31. The van der Waals surface area contributed by atoms with Gasteiger partial charge in [0, 0.05) is 12.1 Å². The molecule has 1 fully saturated rings. The zero-order valence-corrected chi connectivity index (χ0v) is 15.6. The highest BCUT2D eigenvalue weighted by Gasteiger charge is 2.48. The number of halogens is 1. The summed E-state index contributed by atoms with van der Waals surface area (Å²) in [4.78, 5) is 14.7. The quantitative estimate of drug-likeness (QED) is 0.597. The van der Waals surface area contributed by atoms with Gasteiger partial charge in [-0.05, 0) is 44.7 Å². The average molecular weight is 350 g/mol. The first-order valence-electron chi connectivity index (χ1n) is 8.78. The van der Waals surface area contributed by atoms with Crippen molar-refractivity contribution in [1.82, 2.24) is 4.90 Å². The molecule has 0 saturated carbocycles. The third-order valence-corrected chi connectivity index (χ3v) is 5.52. The molecule has 1 saturated heterocycles. The summed E-state index contributed by atoms with van der Waals surface area (Å²) in [6.45, 7) is 4.58. The van der Waals surface area contributed by atoms with Crippen LogP contribution in [0.25, 0.3) is 0 Å². The molecule has 0 amide bonds. The lowest BCUT2D eigenvalue weighted by atomic mass is 9.67. The second kappa shape index (κ2) is 8.17. The Labute approximate surface area is 151 Å². The van der Waals surface area contributed by atoms with E-state index in [1.165, 1.54) is 11.1 Å². The normalized spacial score (nSPS) is 28.9. The van der Waals surface area contributed by atoms with Crippen LogP contribution in [0.2, 0.25) is 0 Å². The van der Waals surface area contributed by atoms with Crippen molar-refractivity contribution in [3.05, 3.63) is 47.5 Å². The van der Waals surface area contributed by atoms with Crippen molar-refractivity contribution in [2.45, 2.75) is 45.2 Å². The smallest absolute Gasteiger partial charge is 0.310 e. The monoisotopic (exact) mass is 349 g/mol. The molecule has 2 heterocycles. The Morgan fingerprint density at radius 3 is 2.58 bits per heavy atom. The van der Waals surface area contributed by atoms with Gasteiger partial charge in [0.15, 0.2) is 0 Å². The number of benzene rings is 1. The lowest BCUT2D eigenvalue weighted by Gasteiger charge is -2.52. The van der Waals surface area contributed by atoms with Crippen molar-refractivity contribution < 1.29 is 9.53 Å². The molecule has 4 rings (SSSR count). The highest BCUT2D eigenvalue weighted by atomic mass is 35.5. The van der Waals surface area contributed by atoms with E-state index in [0.717, 1.165) is 19.3 Å². The van der Waals surface area contributed by atoms with E-state index < -0.39 is 0 Å². The molecule has 24 heavy (non-hydrogen) atoms. The van der Waals surface area contributed by atoms with Crippen LogP contribution in [0.5, 0.6) is 0 Å². The van der Waals surface area contributed by atoms with Crippen molar-refractivity contribution in [2.24, 2.45) is 11.8 Å². The Morgan fingerprint density at radius 1 is 1.25 bits per heavy atom. The first-order chi connectivity index (χ1) is 11.2. The van der Waals surface area contributed by atoms with Gasteiger partial charge in [-0.3, -0.25) is 9.69 Å². The van der Waals surface area contributed by atoms with E-state index in [2.05, 4.69) is 55.3 Å². The van der Waals surface area contributed by atoms with E-state index >= 15 is 0 Å². The number of rotatable bonds is 5. The number of carbonyl (C=O) groups excluding carboxylic acids is 1. The van der Waals surface area contributed by atoms with Crippen LogP contribution >= 0.6 is 12.4 Å². The van der Waals surface area contributed by atoms with Gasteiger partial charge in [-0.25, -0.2) is 0 Å². The standard InChI is InChI=1S/C20H27NO2.ClH/c1-4-15-12-19-17(20(22)23-5-2)13-16(15)18(21(19)3)11-14-9-7-6-8-10-14;/h6-10,12,16-19H,4-5,11,13H2,1-3H3;1H. The summed E-state index contributed by atoms with van der Waals surface area (Å²) in [5.74, 6) is 0.427.